The van der Waals surface area contributed by atoms with E-state index in [2.05, 4.69) is 0 Å². The molecule has 0 radical (unpaired) electrons. The van der Waals surface area contributed by atoms with Crippen LogP contribution in [0.2, 0.25) is 0 Å². The van der Waals surface area contributed by atoms with Crippen LogP contribution in [-0.2, 0) is 4.79 Å². The van der Waals surface area contributed by atoms with E-state index in [1.807, 2.05) is 0 Å². The third-order valence-corrected chi connectivity index (χ3v) is 1.44. The summed E-state index contributed by atoms with van der Waals surface area (Å²) in [6, 6.07) is -0.808. The predicted molar refractivity (Wildman–Crippen MR) is 31.3 cm³/mol. The van der Waals surface area contributed by atoms with Crippen molar-refractivity contribution in [3.05, 3.63) is 10.1 Å². The zero-order chi connectivity index (χ0) is 7.72. The van der Waals surface area contributed by atoms with E-state index in [1.54, 1.807) is 0 Å². The first-order valence-electron chi connectivity index (χ1n) is 2.80. The molecule has 1 saturated heterocycles. The van der Waals surface area contributed by atoms with Gasteiger partial charge in [0, 0.05) is 4.92 Å². The molecule has 6 nitrogen and oxygen atoms in total. The van der Waals surface area contributed by atoms with E-state index in [9.17, 15) is 14.9 Å². The molecule has 0 aliphatic carbocycles. The second-order valence-electron chi connectivity index (χ2n) is 2.19. The third-order valence-electron chi connectivity index (χ3n) is 1.44. The van der Waals surface area contributed by atoms with Crippen LogP contribution in [0, 0.1) is 10.1 Å². The molecule has 56 valence electrons. The predicted octanol–water partition coefficient (Wildman–Crippen LogP) is -1.26. The maximum Gasteiger partial charge on any atom is 0.243 e. The molecule has 1 unspecified atom stereocenters. The number of nitro groups is 1. The first-order chi connectivity index (χ1) is 4.61. The molecular weight excluding hydrogens is 138 g/mol. The lowest BCUT2D eigenvalue weighted by molar-refractivity contribution is -0.517. The smallest absolute Gasteiger partial charge is 0.243 e. The van der Waals surface area contributed by atoms with Crippen molar-refractivity contribution >= 4 is 5.91 Å². The Morgan fingerprint density at radius 2 is 2.40 bits per heavy atom. The van der Waals surface area contributed by atoms with E-state index in [4.69, 9.17) is 5.84 Å². The molecular formula is C4H7N3O3. The molecule has 0 aromatic heterocycles. The van der Waals surface area contributed by atoms with Crippen LogP contribution in [-0.4, -0.2) is 28.4 Å². The van der Waals surface area contributed by atoms with Crippen molar-refractivity contribution in [1.82, 2.24) is 5.01 Å². The zero-order valence-electron chi connectivity index (χ0n) is 5.19. The van der Waals surface area contributed by atoms with E-state index in [1.165, 1.54) is 0 Å². The maximum absolute atomic E-state index is 10.6. The van der Waals surface area contributed by atoms with E-state index >= 15 is 0 Å². The van der Waals surface area contributed by atoms with Gasteiger partial charge in [-0.3, -0.25) is 19.9 Å². The van der Waals surface area contributed by atoms with Crippen LogP contribution in [0.3, 0.4) is 0 Å². The lowest BCUT2D eigenvalue weighted by Gasteiger charge is -2.03. The van der Waals surface area contributed by atoms with Gasteiger partial charge in [-0.1, -0.05) is 0 Å². The fraction of sp³-hybridized carbons (Fsp3) is 0.750. The van der Waals surface area contributed by atoms with Crippen molar-refractivity contribution in [3.8, 4) is 0 Å². The minimum Gasteiger partial charge on any atom is -0.273 e. The molecule has 1 atom stereocenters. The van der Waals surface area contributed by atoms with Gasteiger partial charge in [0.25, 0.3) is 0 Å². The van der Waals surface area contributed by atoms with E-state index in [0.29, 0.717) is 0 Å². The highest BCUT2D eigenvalue weighted by Crippen LogP contribution is 2.08. The molecule has 1 fully saturated rings. The molecule has 0 spiro atoms. The molecule has 0 bridgehead atoms. The highest BCUT2D eigenvalue weighted by atomic mass is 16.6. The van der Waals surface area contributed by atoms with Crippen molar-refractivity contribution in [2.24, 2.45) is 5.84 Å². The quantitative estimate of drug-likeness (QED) is 0.216. The Morgan fingerprint density at radius 3 is 2.60 bits per heavy atom. The summed E-state index contributed by atoms with van der Waals surface area (Å²) in [4.78, 5) is 20.2. The van der Waals surface area contributed by atoms with E-state index in [0.717, 1.165) is 5.01 Å². The Hall–Kier alpha value is -1.17. The third kappa shape index (κ3) is 1.06. The van der Waals surface area contributed by atoms with E-state index in [-0.39, 0.29) is 18.9 Å². The summed E-state index contributed by atoms with van der Waals surface area (Å²) in [6.45, 7) is 0.0336. The van der Waals surface area contributed by atoms with Gasteiger partial charge in [0.15, 0.2) is 0 Å². The summed E-state index contributed by atoms with van der Waals surface area (Å²) >= 11 is 0. The van der Waals surface area contributed by atoms with Crippen LogP contribution in [0.1, 0.15) is 6.42 Å². The Bertz CT molecular complexity index is 181. The minimum absolute atomic E-state index is 0.0336. The Balaban J connectivity index is 2.57. The number of nitrogens with zero attached hydrogens (tertiary/aromatic N) is 2. The largest absolute Gasteiger partial charge is 0.273 e. The van der Waals surface area contributed by atoms with Gasteiger partial charge in [-0.25, -0.2) is 5.84 Å². The Morgan fingerprint density at radius 1 is 1.80 bits per heavy atom. The topological polar surface area (TPSA) is 89.5 Å². The SMILES string of the molecule is NN1CC([N+](=O)[O-])CC1=O. The fourth-order valence-corrected chi connectivity index (χ4v) is 0.853. The molecule has 0 aromatic carbocycles. The molecule has 10 heavy (non-hydrogen) atoms. The molecule has 0 saturated carbocycles. The monoisotopic (exact) mass is 145 g/mol. The standard InChI is InChI=1S/C4H7N3O3/c5-6-2-3(7(9)10)1-4(6)8/h3H,1-2,5H2. The maximum atomic E-state index is 10.6. The number of amides is 1. The van der Waals surface area contributed by atoms with Crippen LogP contribution < -0.4 is 5.84 Å². The number of nitrogens with two attached hydrogens (primary N) is 1. The van der Waals surface area contributed by atoms with Gasteiger partial charge < -0.3 is 0 Å². The Kier molecular flexibility index (Phi) is 1.54. The highest BCUT2D eigenvalue weighted by molar-refractivity contribution is 5.78. The fourth-order valence-electron chi connectivity index (χ4n) is 0.853. The summed E-state index contributed by atoms with van der Waals surface area (Å²) in [6.07, 6.45) is -0.0660. The van der Waals surface area contributed by atoms with Crippen molar-refractivity contribution in [1.29, 1.82) is 0 Å². The molecule has 2 N–H and O–H groups in total. The van der Waals surface area contributed by atoms with Crippen molar-refractivity contribution in [2.45, 2.75) is 12.5 Å². The average Bonchev–Trinajstić information content (AvgIpc) is 2.13. The van der Waals surface area contributed by atoms with Crippen LogP contribution in [0.25, 0.3) is 0 Å². The number of rotatable bonds is 1. The van der Waals surface area contributed by atoms with Crippen molar-refractivity contribution < 1.29 is 9.72 Å². The molecule has 1 amide bonds. The molecule has 1 rings (SSSR count). The van der Waals surface area contributed by atoms with Gasteiger partial charge >= 0.3 is 0 Å². The van der Waals surface area contributed by atoms with Gasteiger partial charge in [0.05, 0.1) is 6.42 Å². The summed E-state index contributed by atoms with van der Waals surface area (Å²) < 4.78 is 0. The van der Waals surface area contributed by atoms with Crippen LogP contribution >= 0.6 is 0 Å². The van der Waals surface area contributed by atoms with Gasteiger partial charge in [0.1, 0.15) is 6.54 Å². The average molecular weight is 145 g/mol. The number of hydrogen-bond acceptors (Lipinski definition) is 4. The second kappa shape index (κ2) is 2.22. The number of carbonyl (C=O) groups is 1. The summed E-state index contributed by atoms with van der Waals surface area (Å²) in [5.41, 5.74) is 0. The van der Waals surface area contributed by atoms with E-state index < -0.39 is 11.0 Å². The van der Waals surface area contributed by atoms with Crippen LogP contribution in [0.5, 0.6) is 0 Å². The summed E-state index contributed by atoms with van der Waals surface area (Å²) in [7, 11) is 0. The van der Waals surface area contributed by atoms with Gasteiger partial charge in [0.2, 0.25) is 11.9 Å². The first-order valence-corrected chi connectivity index (χ1v) is 2.80. The zero-order valence-corrected chi connectivity index (χ0v) is 5.19. The van der Waals surface area contributed by atoms with Gasteiger partial charge in [-0.2, -0.15) is 0 Å². The molecule has 1 aliphatic rings. The normalized spacial score (nSPS) is 25.5. The van der Waals surface area contributed by atoms with Gasteiger partial charge in [-0.15, -0.1) is 0 Å². The molecule has 0 aromatic rings. The number of hydrazine groups is 1. The van der Waals surface area contributed by atoms with Gasteiger partial charge in [-0.05, 0) is 0 Å². The van der Waals surface area contributed by atoms with Crippen LogP contribution in [0.4, 0.5) is 0 Å². The first kappa shape index (κ1) is 6.94. The Labute approximate surface area is 56.7 Å². The number of carbonyl (C=O) groups excluding carboxylic acids is 1. The number of hydrogen-bond donors (Lipinski definition) is 1. The molecule has 6 heteroatoms. The second-order valence-corrected chi connectivity index (χ2v) is 2.19. The van der Waals surface area contributed by atoms with Crippen molar-refractivity contribution in [3.63, 3.8) is 0 Å². The molecule has 1 aliphatic heterocycles. The highest BCUT2D eigenvalue weighted by Gasteiger charge is 2.35. The lowest BCUT2D eigenvalue weighted by atomic mass is 10.3. The van der Waals surface area contributed by atoms with Crippen molar-refractivity contribution in [2.75, 3.05) is 6.54 Å². The molecule has 1 heterocycles. The summed E-state index contributed by atoms with van der Waals surface area (Å²) in [5, 5.41) is 10.9. The summed E-state index contributed by atoms with van der Waals surface area (Å²) in [5.74, 6) is 4.73. The minimum atomic E-state index is -0.808. The lowest BCUT2D eigenvalue weighted by Crippen LogP contribution is -2.33. The van der Waals surface area contributed by atoms with Crippen LogP contribution in [0.15, 0.2) is 0 Å².